The van der Waals surface area contributed by atoms with E-state index in [0.717, 1.165) is 6.07 Å². The Balaban J connectivity index is 1.70. The maximum absolute atomic E-state index is 14.5. The molecule has 1 aliphatic carbocycles. The van der Waals surface area contributed by atoms with Gasteiger partial charge in [-0.2, -0.15) is 0 Å². The predicted octanol–water partition coefficient (Wildman–Crippen LogP) is 2.08. The number of halogens is 3. The van der Waals surface area contributed by atoms with Crippen molar-refractivity contribution in [2.45, 2.75) is 25.4 Å². The highest BCUT2D eigenvalue weighted by Gasteiger charge is 2.42. The fourth-order valence-corrected chi connectivity index (χ4v) is 3.52. The van der Waals surface area contributed by atoms with Crippen LogP contribution in [0.3, 0.4) is 0 Å². The second kappa shape index (κ2) is 9.12. The number of carbonyl (C=O) groups excluding carboxylic acids is 2. The first kappa shape index (κ1) is 21.6. The van der Waals surface area contributed by atoms with Gasteiger partial charge in [-0.15, -0.1) is 0 Å². The topological polar surface area (TPSA) is 103 Å². The number of aromatic nitrogens is 1. The van der Waals surface area contributed by atoms with Crippen molar-refractivity contribution in [1.29, 1.82) is 0 Å². The number of rotatable bonds is 7. The average Bonchev–Trinajstić information content (AvgIpc) is 3.13. The molecule has 3 rings (SSSR count). The van der Waals surface area contributed by atoms with Crippen LogP contribution in [0.2, 0.25) is 0 Å². The maximum Gasteiger partial charge on any atom is 0.261 e. The second-order valence-corrected chi connectivity index (χ2v) is 7.00. The molecule has 1 heterocycles. The molecule has 30 heavy (non-hydrogen) atoms. The normalized spacial score (nSPS) is 21.0. The van der Waals surface area contributed by atoms with Crippen LogP contribution < -0.4 is 16.6 Å². The number of amides is 2. The van der Waals surface area contributed by atoms with E-state index in [1.54, 1.807) is 12.1 Å². The highest BCUT2D eigenvalue weighted by Crippen LogP contribution is 2.34. The molecule has 1 fully saturated rings. The molecule has 160 valence electrons. The van der Waals surface area contributed by atoms with Crippen molar-refractivity contribution in [3.05, 3.63) is 58.8 Å². The first-order valence-electron chi connectivity index (χ1n) is 9.23. The molecule has 1 aromatic heterocycles. The Morgan fingerprint density at radius 3 is 2.63 bits per heavy atom. The lowest BCUT2D eigenvalue weighted by atomic mass is 10.0. The van der Waals surface area contributed by atoms with Crippen LogP contribution in [0.1, 0.15) is 12.8 Å². The van der Waals surface area contributed by atoms with Gasteiger partial charge in [-0.05, 0) is 31.0 Å². The number of nitrogens with zero attached hydrogens (tertiary/aromatic N) is 1. The molecule has 2 amide bonds. The predicted molar refractivity (Wildman–Crippen MR) is 102 cm³/mol. The lowest BCUT2D eigenvalue weighted by Crippen LogP contribution is -2.32. The fourth-order valence-electron chi connectivity index (χ4n) is 3.52. The van der Waals surface area contributed by atoms with Gasteiger partial charge in [-0.25, -0.2) is 13.2 Å². The quantitative estimate of drug-likeness (QED) is 0.712. The summed E-state index contributed by atoms with van der Waals surface area (Å²) in [6.07, 6.45) is -2.09. The van der Waals surface area contributed by atoms with Gasteiger partial charge in [0.25, 0.3) is 12.0 Å². The minimum absolute atomic E-state index is 0.0191. The summed E-state index contributed by atoms with van der Waals surface area (Å²) >= 11 is 0. The molecular weight excluding hydrogens is 403 g/mol. The Morgan fingerprint density at radius 2 is 2.00 bits per heavy atom. The Labute approximate surface area is 169 Å². The molecule has 0 saturated heterocycles. The minimum Gasteiger partial charge on any atom is -0.371 e. The molecule has 1 aliphatic rings. The van der Waals surface area contributed by atoms with E-state index in [2.05, 4.69) is 5.32 Å². The molecule has 0 bridgehead atoms. The number of ether oxygens (including phenoxy) is 1. The van der Waals surface area contributed by atoms with Gasteiger partial charge in [-0.3, -0.25) is 19.0 Å². The number of benzene rings is 1. The van der Waals surface area contributed by atoms with E-state index in [9.17, 15) is 27.6 Å². The summed E-state index contributed by atoms with van der Waals surface area (Å²) in [6.45, 7) is -0.863. The molecule has 0 unspecified atom stereocenters. The highest BCUT2D eigenvalue weighted by atomic mass is 19.3. The molecule has 0 radical (unpaired) electrons. The first-order chi connectivity index (χ1) is 14.3. The molecule has 1 saturated carbocycles. The lowest BCUT2D eigenvalue weighted by Gasteiger charge is -2.16. The number of nitrogens with one attached hydrogen (secondary N) is 1. The average molecular weight is 423 g/mol. The monoisotopic (exact) mass is 423 g/mol. The third-order valence-corrected chi connectivity index (χ3v) is 4.99. The van der Waals surface area contributed by atoms with E-state index in [4.69, 9.17) is 10.5 Å². The van der Waals surface area contributed by atoms with Crippen molar-refractivity contribution in [3.8, 4) is 5.69 Å². The number of pyridine rings is 1. The van der Waals surface area contributed by atoms with Crippen LogP contribution in [-0.4, -0.2) is 35.5 Å². The zero-order valence-corrected chi connectivity index (χ0v) is 15.8. The SMILES string of the molecule is NC(=O)[C@H]1C[C@@H](C(=O)Nc2ccc(-n3ccccc3=O)cc2F)C[C@@H]1OCC(F)F. The molecule has 2 aromatic rings. The van der Waals surface area contributed by atoms with Crippen molar-refractivity contribution in [3.63, 3.8) is 0 Å². The second-order valence-electron chi connectivity index (χ2n) is 7.00. The van der Waals surface area contributed by atoms with Gasteiger partial charge in [0.05, 0.1) is 23.4 Å². The van der Waals surface area contributed by atoms with Crippen LogP contribution in [0, 0.1) is 17.7 Å². The van der Waals surface area contributed by atoms with E-state index in [-0.39, 0.29) is 29.8 Å². The van der Waals surface area contributed by atoms with E-state index < -0.39 is 48.6 Å². The van der Waals surface area contributed by atoms with E-state index in [1.807, 2.05) is 0 Å². The molecule has 10 heteroatoms. The van der Waals surface area contributed by atoms with E-state index in [1.165, 1.54) is 29.0 Å². The molecule has 1 aromatic carbocycles. The molecule has 3 N–H and O–H groups in total. The number of hydrogen-bond acceptors (Lipinski definition) is 4. The summed E-state index contributed by atoms with van der Waals surface area (Å²) in [5.41, 5.74) is 5.12. The van der Waals surface area contributed by atoms with Crippen LogP contribution in [-0.2, 0) is 14.3 Å². The van der Waals surface area contributed by atoms with Crippen LogP contribution in [0.4, 0.5) is 18.9 Å². The number of anilines is 1. The smallest absolute Gasteiger partial charge is 0.261 e. The van der Waals surface area contributed by atoms with Crippen molar-refractivity contribution in [1.82, 2.24) is 4.57 Å². The number of primary amides is 1. The number of hydrogen-bond donors (Lipinski definition) is 2. The summed E-state index contributed by atoms with van der Waals surface area (Å²) in [4.78, 5) is 36.0. The summed E-state index contributed by atoms with van der Waals surface area (Å²) in [5.74, 6) is -3.70. The number of carbonyl (C=O) groups is 2. The number of nitrogens with two attached hydrogens (primary N) is 1. The molecule has 7 nitrogen and oxygen atoms in total. The summed E-state index contributed by atoms with van der Waals surface area (Å²) in [5, 5.41) is 2.43. The third-order valence-electron chi connectivity index (χ3n) is 4.99. The summed E-state index contributed by atoms with van der Waals surface area (Å²) < 4.78 is 45.6. The van der Waals surface area contributed by atoms with Crippen LogP contribution in [0.15, 0.2) is 47.4 Å². The zero-order valence-electron chi connectivity index (χ0n) is 15.8. The lowest BCUT2D eigenvalue weighted by molar-refractivity contribution is -0.127. The molecule has 0 aliphatic heterocycles. The fraction of sp³-hybridized carbons (Fsp3) is 0.350. The summed E-state index contributed by atoms with van der Waals surface area (Å²) in [7, 11) is 0. The Hall–Kier alpha value is -3.14. The maximum atomic E-state index is 14.5. The van der Waals surface area contributed by atoms with Crippen molar-refractivity contribution < 1.29 is 27.5 Å². The van der Waals surface area contributed by atoms with Gasteiger partial charge in [0.2, 0.25) is 11.8 Å². The van der Waals surface area contributed by atoms with E-state index >= 15 is 0 Å². The summed E-state index contributed by atoms with van der Waals surface area (Å²) in [6, 6.07) is 8.39. The minimum atomic E-state index is -2.71. The van der Waals surface area contributed by atoms with Gasteiger partial charge in [0, 0.05) is 24.2 Å². The van der Waals surface area contributed by atoms with Crippen LogP contribution in [0.5, 0.6) is 0 Å². The van der Waals surface area contributed by atoms with Crippen LogP contribution >= 0.6 is 0 Å². The largest absolute Gasteiger partial charge is 0.371 e. The van der Waals surface area contributed by atoms with Gasteiger partial charge in [-0.1, -0.05) is 6.07 Å². The zero-order chi connectivity index (χ0) is 21.8. The third kappa shape index (κ3) is 4.88. The van der Waals surface area contributed by atoms with Crippen LogP contribution in [0.25, 0.3) is 5.69 Å². The Kier molecular flexibility index (Phi) is 6.56. The first-order valence-corrected chi connectivity index (χ1v) is 9.23. The van der Waals surface area contributed by atoms with E-state index in [0.29, 0.717) is 0 Å². The van der Waals surface area contributed by atoms with Gasteiger partial charge >= 0.3 is 0 Å². The molecular formula is C20H20F3N3O4. The van der Waals surface area contributed by atoms with Crippen molar-refractivity contribution in [2.75, 3.05) is 11.9 Å². The number of alkyl halides is 2. The molecule has 0 spiro atoms. The highest BCUT2D eigenvalue weighted by molar-refractivity contribution is 5.93. The van der Waals surface area contributed by atoms with Gasteiger partial charge in [0.15, 0.2) is 0 Å². The van der Waals surface area contributed by atoms with Gasteiger partial charge < -0.3 is 15.8 Å². The van der Waals surface area contributed by atoms with Gasteiger partial charge in [0.1, 0.15) is 12.4 Å². The Bertz CT molecular complexity index is 995. The molecule has 3 atom stereocenters. The van der Waals surface area contributed by atoms with Crippen molar-refractivity contribution >= 4 is 17.5 Å². The van der Waals surface area contributed by atoms with Crippen molar-refractivity contribution in [2.24, 2.45) is 17.6 Å². The standard InChI is InChI=1S/C20H20F3N3O4/c21-14-9-12(26-6-2-1-3-18(26)27)4-5-15(14)25-20(29)11-7-13(19(24)28)16(8-11)30-10-17(22)23/h1-6,9,11,13,16-17H,7-8,10H2,(H2,24,28)(H,25,29)/t11-,13+,16+/m1/s1. The Morgan fingerprint density at radius 1 is 1.23 bits per heavy atom.